The number of fused-ring (bicyclic) bond motifs is 1. The highest BCUT2D eigenvalue weighted by Gasteiger charge is 2.33. The van der Waals surface area contributed by atoms with Gasteiger partial charge >= 0.3 is 12.2 Å². The van der Waals surface area contributed by atoms with E-state index in [4.69, 9.17) is 4.42 Å². The van der Waals surface area contributed by atoms with Crippen molar-refractivity contribution in [3.8, 4) is 22.6 Å². The monoisotopic (exact) mass is 493 g/mol. The van der Waals surface area contributed by atoms with Crippen molar-refractivity contribution < 1.29 is 22.4 Å². The largest absolute Gasteiger partial charge is 0.444 e. The van der Waals surface area contributed by atoms with Gasteiger partial charge < -0.3 is 14.6 Å². The fraction of sp³-hybridized carbons (Fsp3) is 0.192. The second-order valence-electron chi connectivity index (χ2n) is 8.59. The van der Waals surface area contributed by atoms with E-state index >= 15 is 0 Å². The van der Waals surface area contributed by atoms with Crippen LogP contribution in [-0.2, 0) is 6.18 Å². The second kappa shape index (κ2) is 9.03. The summed E-state index contributed by atoms with van der Waals surface area (Å²) >= 11 is 0. The summed E-state index contributed by atoms with van der Waals surface area (Å²) in [6, 6.07) is 14.9. The normalized spacial score (nSPS) is 15.5. The number of aromatic nitrogens is 2. The number of hydrogen-bond donors (Lipinski definition) is 1. The average Bonchev–Trinajstić information content (AvgIpc) is 3.39. The van der Waals surface area contributed by atoms with Crippen LogP contribution >= 0.6 is 0 Å². The van der Waals surface area contributed by atoms with Crippen LogP contribution in [0.15, 0.2) is 77.7 Å². The minimum absolute atomic E-state index is 0.246. The lowest BCUT2D eigenvalue weighted by molar-refractivity contribution is -0.137. The maximum atomic E-state index is 13.5. The molecular weight excluding hydrogens is 471 g/mol. The van der Waals surface area contributed by atoms with Crippen LogP contribution in [0.3, 0.4) is 0 Å². The standard InChI is InChI=1S/C26H22F3N5O2/c1-16-14-33(2)22-10-9-21(17-5-3-7-19(11-17)26(27,28)29)32-24(22)34(16)25(35)31-20-8-4-6-18(12-20)23-13-30-15-36-23/h3-13,15-16H,14H2,1-2H3,(H,31,35)/t16-/m0/s1. The minimum Gasteiger partial charge on any atom is -0.444 e. The predicted octanol–water partition coefficient (Wildman–Crippen LogP) is 6.30. The zero-order chi connectivity index (χ0) is 25.4. The van der Waals surface area contributed by atoms with Crippen LogP contribution in [0.5, 0.6) is 0 Å². The van der Waals surface area contributed by atoms with Crippen molar-refractivity contribution in [1.82, 2.24) is 9.97 Å². The molecule has 4 aromatic rings. The first-order chi connectivity index (χ1) is 17.2. The molecule has 0 saturated carbocycles. The number of hydrogen-bond acceptors (Lipinski definition) is 5. The SMILES string of the molecule is C[C@H]1CN(C)c2ccc(-c3cccc(C(F)(F)F)c3)nc2N1C(=O)Nc1cccc(-c2cnco2)c1. The Bertz CT molecular complexity index is 1400. The number of urea groups is 1. The third-order valence-corrected chi connectivity index (χ3v) is 6.01. The molecule has 36 heavy (non-hydrogen) atoms. The van der Waals surface area contributed by atoms with E-state index in [0.717, 1.165) is 17.7 Å². The molecule has 5 rings (SSSR count). The quantitative estimate of drug-likeness (QED) is 0.363. The number of oxazole rings is 1. The molecule has 0 bridgehead atoms. The number of nitrogens with one attached hydrogen (secondary N) is 1. The molecule has 0 spiro atoms. The van der Waals surface area contributed by atoms with Crippen molar-refractivity contribution in [2.45, 2.75) is 19.1 Å². The average molecular weight is 493 g/mol. The van der Waals surface area contributed by atoms with Gasteiger partial charge in [-0.05, 0) is 43.3 Å². The molecule has 0 fully saturated rings. The van der Waals surface area contributed by atoms with Gasteiger partial charge in [0.1, 0.15) is 0 Å². The van der Waals surface area contributed by atoms with Crippen LogP contribution in [0.4, 0.5) is 35.2 Å². The number of rotatable bonds is 3. The van der Waals surface area contributed by atoms with Crippen LogP contribution in [-0.4, -0.2) is 35.6 Å². The van der Waals surface area contributed by atoms with E-state index in [0.29, 0.717) is 40.8 Å². The number of pyridine rings is 1. The van der Waals surface area contributed by atoms with Crippen molar-refractivity contribution in [2.24, 2.45) is 0 Å². The number of carbonyl (C=O) groups is 1. The molecular formula is C26H22F3N5O2. The number of anilines is 3. The molecule has 1 aliphatic heterocycles. The van der Waals surface area contributed by atoms with Gasteiger partial charge in [-0.2, -0.15) is 13.2 Å². The predicted molar refractivity (Wildman–Crippen MR) is 131 cm³/mol. The first-order valence-corrected chi connectivity index (χ1v) is 11.2. The molecule has 10 heteroatoms. The van der Waals surface area contributed by atoms with Gasteiger partial charge in [-0.25, -0.2) is 14.8 Å². The Kier molecular flexibility index (Phi) is 5.87. The van der Waals surface area contributed by atoms with E-state index in [-0.39, 0.29) is 6.04 Å². The van der Waals surface area contributed by atoms with E-state index in [1.807, 2.05) is 24.9 Å². The summed E-state index contributed by atoms with van der Waals surface area (Å²) in [6.45, 7) is 2.45. The Hall–Kier alpha value is -4.34. The fourth-order valence-corrected chi connectivity index (χ4v) is 4.31. The molecule has 0 saturated heterocycles. The second-order valence-corrected chi connectivity index (χ2v) is 8.59. The Balaban J connectivity index is 1.49. The summed E-state index contributed by atoms with van der Waals surface area (Å²) in [5.74, 6) is 0.937. The van der Waals surface area contributed by atoms with Crippen molar-refractivity contribution in [3.05, 3.63) is 78.8 Å². The molecule has 2 amide bonds. The third-order valence-electron chi connectivity index (χ3n) is 6.01. The summed E-state index contributed by atoms with van der Waals surface area (Å²) in [4.78, 5) is 25.5. The van der Waals surface area contributed by atoms with Gasteiger partial charge in [-0.3, -0.25) is 4.90 Å². The Morgan fingerprint density at radius 1 is 1.08 bits per heavy atom. The fourth-order valence-electron chi connectivity index (χ4n) is 4.31. The first-order valence-electron chi connectivity index (χ1n) is 11.2. The van der Waals surface area contributed by atoms with Crippen LogP contribution in [0.1, 0.15) is 12.5 Å². The maximum Gasteiger partial charge on any atom is 0.416 e. The van der Waals surface area contributed by atoms with E-state index in [1.165, 1.54) is 17.4 Å². The van der Waals surface area contributed by atoms with E-state index in [1.54, 1.807) is 42.6 Å². The zero-order valence-corrected chi connectivity index (χ0v) is 19.5. The zero-order valence-electron chi connectivity index (χ0n) is 19.5. The number of nitrogens with zero attached hydrogens (tertiary/aromatic N) is 4. The van der Waals surface area contributed by atoms with Crippen LogP contribution in [0.25, 0.3) is 22.6 Å². The van der Waals surface area contributed by atoms with Gasteiger partial charge in [0.15, 0.2) is 18.0 Å². The summed E-state index contributed by atoms with van der Waals surface area (Å²) < 4.78 is 45.1. The van der Waals surface area contributed by atoms with Crippen LogP contribution in [0.2, 0.25) is 0 Å². The van der Waals surface area contributed by atoms with Crippen molar-refractivity contribution in [2.75, 3.05) is 28.7 Å². The lowest BCUT2D eigenvalue weighted by Crippen LogP contribution is -2.51. The number of likely N-dealkylation sites (N-methyl/N-ethyl adjacent to an activating group) is 1. The Labute approximate surface area is 205 Å². The molecule has 7 nitrogen and oxygen atoms in total. The smallest absolute Gasteiger partial charge is 0.416 e. The van der Waals surface area contributed by atoms with Gasteiger partial charge in [-0.1, -0.05) is 24.3 Å². The molecule has 0 radical (unpaired) electrons. The minimum atomic E-state index is -4.47. The third kappa shape index (κ3) is 4.49. The molecule has 1 aliphatic rings. The first kappa shape index (κ1) is 23.4. The highest BCUT2D eigenvalue weighted by Crippen LogP contribution is 2.37. The number of carbonyl (C=O) groups excluding carboxylic acids is 1. The number of amides is 2. The van der Waals surface area contributed by atoms with E-state index < -0.39 is 17.8 Å². The van der Waals surface area contributed by atoms with Crippen molar-refractivity contribution >= 4 is 23.2 Å². The lowest BCUT2D eigenvalue weighted by Gasteiger charge is -2.39. The van der Waals surface area contributed by atoms with E-state index in [9.17, 15) is 18.0 Å². The number of alkyl halides is 3. The summed E-state index contributed by atoms with van der Waals surface area (Å²) in [7, 11) is 1.89. The molecule has 2 aromatic carbocycles. The van der Waals surface area contributed by atoms with Gasteiger partial charge in [0.2, 0.25) is 0 Å². The Morgan fingerprint density at radius 2 is 1.86 bits per heavy atom. The number of benzene rings is 2. The molecule has 1 N–H and O–H groups in total. The van der Waals surface area contributed by atoms with Crippen molar-refractivity contribution in [1.29, 1.82) is 0 Å². The lowest BCUT2D eigenvalue weighted by atomic mass is 10.1. The molecule has 0 aliphatic carbocycles. The van der Waals surface area contributed by atoms with Crippen LogP contribution in [0, 0.1) is 0 Å². The Morgan fingerprint density at radius 3 is 2.61 bits per heavy atom. The van der Waals surface area contributed by atoms with Gasteiger partial charge in [0.25, 0.3) is 0 Å². The molecule has 0 unspecified atom stereocenters. The highest BCUT2D eigenvalue weighted by atomic mass is 19.4. The maximum absolute atomic E-state index is 13.5. The molecule has 184 valence electrons. The molecule has 1 atom stereocenters. The van der Waals surface area contributed by atoms with Crippen molar-refractivity contribution in [3.63, 3.8) is 0 Å². The summed E-state index contributed by atoms with van der Waals surface area (Å²) in [6.07, 6.45) is -1.55. The van der Waals surface area contributed by atoms with Gasteiger partial charge in [-0.15, -0.1) is 0 Å². The van der Waals surface area contributed by atoms with E-state index in [2.05, 4.69) is 15.3 Å². The summed E-state index contributed by atoms with van der Waals surface area (Å²) in [5.41, 5.74) is 1.90. The summed E-state index contributed by atoms with van der Waals surface area (Å²) in [5, 5.41) is 2.91. The van der Waals surface area contributed by atoms with Crippen LogP contribution < -0.4 is 15.1 Å². The highest BCUT2D eigenvalue weighted by molar-refractivity contribution is 6.04. The topological polar surface area (TPSA) is 74.5 Å². The number of halogens is 3. The molecule has 3 heterocycles. The van der Waals surface area contributed by atoms with Gasteiger partial charge in [0.05, 0.1) is 29.2 Å². The molecule has 2 aromatic heterocycles. The van der Waals surface area contributed by atoms with Gasteiger partial charge in [0, 0.05) is 30.4 Å².